The van der Waals surface area contributed by atoms with Crippen LogP contribution in [0.2, 0.25) is 5.02 Å². The Labute approximate surface area is 126 Å². The van der Waals surface area contributed by atoms with Gasteiger partial charge < -0.3 is 14.9 Å². The molecule has 5 heteroatoms. The van der Waals surface area contributed by atoms with Gasteiger partial charge in [-0.25, -0.2) is 0 Å². The number of hydrogen-bond acceptors (Lipinski definition) is 4. The minimum atomic E-state index is -0.435. The Hall–Kier alpha value is -2.46. The molecular weight excluding hydrogens is 292 g/mol. The standard InChI is InChI=1S/C16H13ClO4/c1-10(18)21-16-5-4-11(8-15(16)17)2-3-12-6-13(19)9-14(20)7-12/h2-9,19-20H,1H3/b3-2+. The van der Waals surface area contributed by atoms with E-state index in [1.54, 1.807) is 30.4 Å². The highest BCUT2D eigenvalue weighted by molar-refractivity contribution is 6.32. The number of halogens is 1. The van der Waals surface area contributed by atoms with E-state index in [1.807, 2.05) is 0 Å². The number of esters is 1. The average Bonchev–Trinajstić information content (AvgIpc) is 2.38. The zero-order valence-electron chi connectivity index (χ0n) is 11.2. The summed E-state index contributed by atoms with van der Waals surface area (Å²) in [6.07, 6.45) is 3.48. The summed E-state index contributed by atoms with van der Waals surface area (Å²) < 4.78 is 4.93. The highest BCUT2D eigenvalue weighted by Crippen LogP contribution is 2.27. The highest BCUT2D eigenvalue weighted by Gasteiger charge is 2.04. The van der Waals surface area contributed by atoms with Gasteiger partial charge in [-0.1, -0.05) is 29.8 Å². The lowest BCUT2D eigenvalue weighted by Crippen LogP contribution is -2.01. The Morgan fingerprint density at radius 2 is 1.67 bits per heavy atom. The maximum Gasteiger partial charge on any atom is 0.308 e. The monoisotopic (exact) mass is 304 g/mol. The number of ether oxygens (including phenoxy) is 1. The largest absolute Gasteiger partial charge is 0.508 e. The molecule has 0 unspecified atom stereocenters. The van der Waals surface area contributed by atoms with Crippen LogP contribution in [0.1, 0.15) is 18.1 Å². The number of carbonyl (C=O) groups is 1. The predicted octanol–water partition coefficient (Wildman–Crippen LogP) is 3.85. The van der Waals surface area contributed by atoms with Gasteiger partial charge in [-0.2, -0.15) is 0 Å². The second kappa shape index (κ2) is 6.33. The molecule has 0 bridgehead atoms. The summed E-state index contributed by atoms with van der Waals surface area (Å²) in [6, 6.07) is 9.28. The van der Waals surface area contributed by atoms with Gasteiger partial charge in [0.05, 0.1) is 5.02 Å². The second-order valence-corrected chi connectivity index (χ2v) is 4.81. The number of hydrogen-bond donors (Lipinski definition) is 2. The van der Waals surface area contributed by atoms with Gasteiger partial charge in [0.2, 0.25) is 0 Å². The van der Waals surface area contributed by atoms with Crippen molar-refractivity contribution in [2.75, 3.05) is 0 Å². The van der Waals surface area contributed by atoms with Crippen LogP contribution < -0.4 is 4.74 Å². The van der Waals surface area contributed by atoms with Crippen LogP contribution in [-0.4, -0.2) is 16.2 Å². The summed E-state index contributed by atoms with van der Waals surface area (Å²) in [5.41, 5.74) is 1.44. The van der Waals surface area contributed by atoms with Crippen molar-refractivity contribution < 1.29 is 19.7 Å². The van der Waals surface area contributed by atoms with Gasteiger partial charge >= 0.3 is 5.97 Å². The number of rotatable bonds is 3. The van der Waals surface area contributed by atoms with E-state index in [0.717, 1.165) is 5.56 Å². The quantitative estimate of drug-likeness (QED) is 0.513. The molecule has 2 aromatic carbocycles. The lowest BCUT2D eigenvalue weighted by atomic mass is 10.1. The smallest absolute Gasteiger partial charge is 0.308 e. The van der Waals surface area contributed by atoms with Crippen molar-refractivity contribution in [2.45, 2.75) is 6.92 Å². The molecule has 0 aliphatic heterocycles. The van der Waals surface area contributed by atoms with Crippen molar-refractivity contribution in [1.82, 2.24) is 0 Å². The van der Waals surface area contributed by atoms with Crippen LogP contribution in [0.3, 0.4) is 0 Å². The molecular formula is C16H13ClO4. The molecule has 2 rings (SSSR count). The lowest BCUT2D eigenvalue weighted by molar-refractivity contribution is -0.131. The third kappa shape index (κ3) is 4.26. The number of carbonyl (C=O) groups excluding carboxylic acids is 1. The normalized spacial score (nSPS) is 10.8. The van der Waals surface area contributed by atoms with E-state index in [2.05, 4.69) is 0 Å². The maximum absolute atomic E-state index is 10.9. The van der Waals surface area contributed by atoms with Crippen molar-refractivity contribution in [3.63, 3.8) is 0 Å². The minimum absolute atomic E-state index is 0.0158. The Morgan fingerprint density at radius 3 is 2.24 bits per heavy atom. The van der Waals surface area contributed by atoms with Crippen LogP contribution in [0.5, 0.6) is 17.2 Å². The summed E-state index contributed by atoms with van der Waals surface area (Å²) in [5, 5.41) is 19.1. The summed E-state index contributed by atoms with van der Waals surface area (Å²) in [7, 11) is 0. The molecule has 4 nitrogen and oxygen atoms in total. The van der Waals surface area contributed by atoms with Gasteiger partial charge in [-0.15, -0.1) is 0 Å². The van der Waals surface area contributed by atoms with Crippen LogP contribution in [0.25, 0.3) is 12.2 Å². The van der Waals surface area contributed by atoms with E-state index < -0.39 is 5.97 Å². The van der Waals surface area contributed by atoms with Crippen LogP contribution in [0.15, 0.2) is 36.4 Å². The number of aromatic hydroxyl groups is 2. The average molecular weight is 305 g/mol. The fourth-order valence-corrected chi connectivity index (χ4v) is 1.99. The first-order valence-electron chi connectivity index (χ1n) is 6.13. The lowest BCUT2D eigenvalue weighted by Gasteiger charge is -2.04. The van der Waals surface area contributed by atoms with Crippen molar-refractivity contribution in [3.8, 4) is 17.2 Å². The van der Waals surface area contributed by atoms with Crippen molar-refractivity contribution in [2.24, 2.45) is 0 Å². The summed E-state index contributed by atoms with van der Waals surface area (Å²) in [6.45, 7) is 1.30. The summed E-state index contributed by atoms with van der Waals surface area (Å²) >= 11 is 6.01. The molecule has 0 saturated carbocycles. The third-order valence-corrected chi connectivity index (χ3v) is 2.90. The molecule has 2 N–H and O–H groups in total. The number of phenolic OH excluding ortho intramolecular Hbond substituents is 2. The molecule has 0 amide bonds. The van der Waals surface area contributed by atoms with E-state index in [-0.39, 0.29) is 11.5 Å². The van der Waals surface area contributed by atoms with Gasteiger partial charge in [-0.05, 0) is 35.4 Å². The molecule has 2 aromatic rings. The third-order valence-electron chi connectivity index (χ3n) is 2.60. The van der Waals surface area contributed by atoms with Crippen molar-refractivity contribution >= 4 is 29.7 Å². The fourth-order valence-electron chi connectivity index (χ4n) is 1.77. The molecule has 0 aromatic heterocycles. The van der Waals surface area contributed by atoms with Gasteiger partial charge in [0, 0.05) is 13.0 Å². The van der Waals surface area contributed by atoms with Crippen molar-refractivity contribution in [3.05, 3.63) is 52.5 Å². The molecule has 21 heavy (non-hydrogen) atoms. The Kier molecular flexibility index (Phi) is 4.50. The molecule has 0 spiro atoms. The zero-order chi connectivity index (χ0) is 15.4. The van der Waals surface area contributed by atoms with E-state index in [4.69, 9.17) is 16.3 Å². The first-order chi connectivity index (χ1) is 9.94. The Bertz CT molecular complexity index is 687. The topological polar surface area (TPSA) is 66.8 Å². The van der Waals surface area contributed by atoms with Gasteiger partial charge in [0.15, 0.2) is 0 Å². The number of benzene rings is 2. The Balaban J connectivity index is 2.21. The second-order valence-electron chi connectivity index (χ2n) is 4.40. The summed E-state index contributed by atoms with van der Waals surface area (Å²) in [4.78, 5) is 10.9. The van der Waals surface area contributed by atoms with Gasteiger partial charge in [0.25, 0.3) is 0 Å². The minimum Gasteiger partial charge on any atom is -0.508 e. The predicted molar refractivity (Wildman–Crippen MR) is 81.5 cm³/mol. The molecule has 0 radical (unpaired) electrons. The van der Waals surface area contributed by atoms with Crippen LogP contribution in [-0.2, 0) is 4.79 Å². The zero-order valence-corrected chi connectivity index (χ0v) is 12.0. The highest BCUT2D eigenvalue weighted by atomic mass is 35.5. The van der Waals surface area contributed by atoms with Gasteiger partial charge in [0.1, 0.15) is 17.2 Å². The molecule has 0 saturated heterocycles. The first-order valence-corrected chi connectivity index (χ1v) is 6.51. The molecule has 0 atom stereocenters. The molecule has 0 fully saturated rings. The SMILES string of the molecule is CC(=O)Oc1ccc(/C=C/c2cc(O)cc(O)c2)cc1Cl. The number of phenols is 2. The Morgan fingerprint density at radius 1 is 1.05 bits per heavy atom. The van der Waals surface area contributed by atoms with Gasteiger partial charge in [-0.3, -0.25) is 4.79 Å². The van der Waals surface area contributed by atoms with Crippen LogP contribution in [0.4, 0.5) is 0 Å². The molecule has 0 aliphatic rings. The summed E-state index contributed by atoms with van der Waals surface area (Å²) in [5.74, 6) is -0.164. The fraction of sp³-hybridized carbons (Fsp3) is 0.0625. The molecule has 0 aliphatic carbocycles. The van der Waals surface area contributed by atoms with Crippen molar-refractivity contribution in [1.29, 1.82) is 0 Å². The molecule has 0 heterocycles. The van der Waals surface area contributed by atoms with E-state index in [1.165, 1.54) is 25.1 Å². The van der Waals surface area contributed by atoms with E-state index in [9.17, 15) is 15.0 Å². The van der Waals surface area contributed by atoms with Crippen LogP contribution in [0, 0.1) is 0 Å². The molecule has 108 valence electrons. The maximum atomic E-state index is 10.9. The first kappa shape index (κ1) is 14.9. The van der Waals surface area contributed by atoms with E-state index in [0.29, 0.717) is 16.3 Å². The van der Waals surface area contributed by atoms with Crippen LogP contribution >= 0.6 is 11.6 Å². The van der Waals surface area contributed by atoms with E-state index >= 15 is 0 Å².